The Labute approximate surface area is 80.4 Å². The lowest BCUT2D eigenvalue weighted by molar-refractivity contribution is 0.274. The van der Waals surface area contributed by atoms with Crippen molar-refractivity contribution in [1.82, 2.24) is 9.55 Å². The molecule has 0 bridgehead atoms. The summed E-state index contributed by atoms with van der Waals surface area (Å²) in [5, 5.41) is 9.32. The van der Waals surface area contributed by atoms with Gasteiger partial charge in [-0.1, -0.05) is 12.1 Å². The van der Waals surface area contributed by atoms with Gasteiger partial charge >= 0.3 is 0 Å². The number of nitrogens with zero attached hydrogens (tertiary/aromatic N) is 2. The van der Waals surface area contributed by atoms with E-state index in [9.17, 15) is 4.79 Å². The van der Waals surface area contributed by atoms with Gasteiger partial charge in [0.25, 0.3) is 5.56 Å². The second-order valence-electron chi connectivity index (χ2n) is 2.98. The van der Waals surface area contributed by atoms with E-state index in [1.165, 1.54) is 10.9 Å². The maximum absolute atomic E-state index is 11.7. The molecule has 1 N–H and O–H groups in total. The van der Waals surface area contributed by atoms with Crippen LogP contribution >= 0.6 is 0 Å². The molecule has 1 heterocycles. The third-order valence-corrected chi connectivity index (χ3v) is 2.07. The fourth-order valence-corrected chi connectivity index (χ4v) is 1.37. The Kier molecular flexibility index (Phi) is 2.28. The quantitative estimate of drug-likeness (QED) is 0.745. The van der Waals surface area contributed by atoms with Crippen LogP contribution in [-0.2, 0) is 6.54 Å². The predicted octanol–water partition coefficient (Wildman–Crippen LogP) is 0.389. The molecule has 0 aliphatic carbocycles. The van der Waals surface area contributed by atoms with E-state index in [0.717, 1.165) is 0 Å². The van der Waals surface area contributed by atoms with Gasteiger partial charge in [0.2, 0.25) is 0 Å². The molecular weight excluding hydrogens is 180 g/mol. The standard InChI is InChI=1S/C10H10N2O2/c13-6-5-12-7-11-9-4-2-1-3-8(9)10(12)14/h1-4,7,13H,5-6H2. The number of rotatable bonds is 2. The number of aliphatic hydroxyl groups is 1. The monoisotopic (exact) mass is 190 g/mol. The Morgan fingerprint density at radius 1 is 1.36 bits per heavy atom. The molecular formula is C10H10N2O2. The van der Waals surface area contributed by atoms with Crippen molar-refractivity contribution in [3.63, 3.8) is 0 Å². The van der Waals surface area contributed by atoms with Crippen LogP contribution in [0.2, 0.25) is 0 Å². The molecule has 2 rings (SSSR count). The Bertz CT molecular complexity index is 505. The van der Waals surface area contributed by atoms with E-state index in [1.807, 2.05) is 6.07 Å². The van der Waals surface area contributed by atoms with Crippen molar-refractivity contribution in [2.75, 3.05) is 6.61 Å². The highest BCUT2D eigenvalue weighted by Gasteiger charge is 2.01. The van der Waals surface area contributed by atoms with Crippen LogP contribution in [0.4, 0.5) is 0 Å². The predicted molar refractivity (Wildman–Crippen MR) is 53.1 cm³/mol. The van der Waals surface area contributed by atoms with E-state index in [2.05, 4.69) is 4.98 Å². The molecule has 1 aromatic heterocycles. The molecule has 4 heteroatoms. The molecule has 0 aliphatic heterocycles. The fourth-order valence-electron chi connectivity index (χ4n) is 1.37. The molecule has 0 saturated heterocycles. The van der Waals surface area contributed by atoms with Gasteiger partial charge in [-0.25, -0.2) is 4.98 Å². The molecule has 0 aliphatic rings. The number of benzene rings is 1. The first-order valence-corrected chi connectivity index (χ1v) is 4.38. The minimum atomic E-state index is -0.107. The Morgan fingerprint density at radius 2 is 2.14 bits per heavy atom. The zero-order chi connectivity index (χ0) is 9.97. The molecule has 0 amide bonds. The Hall–Kier alpha value is -1.68. The lowest BCUT2D eigenvalue weighted by Crippen LogP contribution is -2.21. The van der Waals surface area contributed by atoms with Crippen molar-refractivity contribution in [3.8, 4) is 0 Å². The van der Waals surface area contributed by atoms with Crippen molar-refractivity contribution >= 4 is 10.9 Å². The van der Waals surface area contributed by atoms with Crippen LogP contribution in [0.15, 0.2) is 35.4 Å². The number of aliphatic hydroxyl groups excluding tert-OH is 1. The molecule has 0 unspecified atom stereocenters. The highest BCUT2D eigenvalue weighted by atomic mass is 16.3. The van der Waals surface area contributed by atoms with Gasteiger partial charge in [0.15, 0.2) is 0 Å². The SMILES string of the molecule is O=c1c2ccccc2ncn1CCO. The third kappa shape index (κ3) is 1.40. The van der Waals surface area contributed by atoms with E-state index >= 15 is 0 Å². The summed E-state index contributed by atoms with van der Waals surface area (Å²) in [6.45, 7) is 0.233. The van der Waals surface area contributed by atoms with Crippen LogP contribution in [-0.4, -0.2) is 21.3 Å². The van der Waals surface area contributed by atoms with E-state index < -0.39 is 0 Å². The van der Waals surface area contributed by atoms with Gasteiger partial charge in [0.1, 0.15) is 0 Å². The highest BCUT2D eigenvalue weighted by molar-refractivity contribution is 5.76. The van der Waals surface area contributed by atoms with Crippen molar-refractivity contribution in [1.29, 1.82) is 0 Å². The number of hydrogen-bond acceptors (Lipinski definition) is 3. The van der Waals surface area contributed by atoms with Gasteiger partial charge in [0, 0.05) is 0 Å². The largest absolute Gasteiger partial charge is 0.395 e. The zero-order valence-electron chi connectivity index (χ0n) is 7.55. The summed E-state index contributed by atoms with van der Waals surface area (Å²) < 4.78 is 1.41. The van der Waals surface area contributed by atoms with Gasteiger partial charge < -0.3 is 5.11 Å². The molecule has 72 valence electrons. The minimum Gasteiger partial charge on any atom is -0.395 e. The van der Waals surface area contributed by atoms with Gasteiger partial charge in [-0.05, 0) is 12.1 Å². The molecule has 4 nitrogen and oxygen atoms in total. The third-order valence-electron chi connectivity index (χ3n) is 2.07. The first-order valence-electron chi connectivity index (χ1n) is 4.38. The minimum absolute atomic E-state index is 0.0556. The summed E-state index contributed by atoms with van der Waals surface area (Å²) in [6, 6.07) is 7.17. The molecule has 2 aromatic rings. The Balaban J connectivity index is 2.69. The normalized spacial score (nSPS) is 10.6. The number of fused-ring (bicyclic) bond motifs is 1. The molecule has 0 atom stereocenters. The maximum Gasteiger partial charge on any atom is 0.261 e. The average molecular weight is 190 g/mol. The van der Waals surface area contributed by atoms with E-state index in [-0.39, 0.29) is 18.7 Å². The molecule has 0 spiro atoms. The number of aromatic nitrogens is 2. The summed E-state index contributed by atoms with van der Waals surface area (Å²) in [6.07, 6.45) is 1.46. The van der Waals surface area contributed by atoms with Crippen LogP contribution in [0.5, 0.6) is 0 Å². The van der Waals surface area contributed by atoms with Gasteiger partial charge in [0.05, 0.1) is 30.4 Å². The van der Waals surface area contributed by atoms with Crippen molar-refractivity contribution in [2.24, 2.45) is 0 Å². The number of hydrogen-bond donors (Lipinski definition) is 1. The highest BCUT2D eigenvalue weighted by Crippen LogP contribution is 2.04. The summed E-state index contributed by atoms with van der Waals surface area (Å²) in [5.41, 5.74) is 0.580. The first kappa shape index (κ1) is 8.90. The van der Waals surface area contributed by atoms with E-state index in [4.69, 9.17) is 5.11 Å². The summed E-state index contributed by atoms with van der Waals surface area (Å²) in [4.78, 5) is 15.8. The maximum atomic E-state index is 11.7. The lowest BCUT2D eigenvalue weighted by atomic mass is 10.2. The first-order chi connectivity index (χ1) is 6.83. The average Bonchev–Trinajstić information content (AvgIpc) is 2.23. The molecule has 1 aromatic carbocycles. The smallest absolute Gasteiger partial charge is 0.261 e. The summed E-state index contributed by atoms with van der Waals surface area (Å²) in [7, 11) is 0. The van der Waals surface area contributed by atoms with E-state index in [1.54, 1.807) is 18.2 Å². The van der Waals surface area contributed by atoms with Crippen LogP contribution < -0.4 is 5.56 Å². The Morgan fingerprint density at radius 3 is 2.93 bits per heavy atom. The second kappa shape index (κ2) is 3.59. The molecule has 0 saturated carbocycles. The second-order valence-corrected chi connectivity index (χ2v) is 2.98. The van der Waals surface area contributed by atoms with Crippen LogP contribution in [0.25, 0.3) is 10.9 Å². The molecule has 0 radical (unpaired) electrons. The van der Waals surface area contributed by atoms with Gasteiger partial charge in [-0.15, -0.1) is 0 Å². The van der Waals surface area contributed by atoms with Gasteiger partial charge in [-0.3, -0.25) is 9.36 Å². The zero-order valence-corrected chi connectivity index (χ0v) is 7.55. The summed E-state index contributed by atoms with van der Waals surface area (Å²) >= 11 is 0. The lowest BCUT2D eigenvalue weighted by Gasteiger charge is -2.03. The van der Waals surface area contributed by atoms with Crippen LogP contribution in [0.3, 0.4) is 0 Å². The van der Waals surface area contributed by atoms with E-state index in [0.29, 0.717) is 10.9 Å². The molecule has 14 heavy (non-hydrogen) atoms. The van der Waals surface area contributed by atoms with Crippen molar-refractivity contribution in [3.05, 3.63) is 40.9 Å². The summed E-state index contributed by atoms with van der Waals surface area (Å²) in [5.74, 6) is 0. The van der Waals surface area contributed by atoms with Crippen LogP contribution in [0, 0.1) is 0 Å². The molecule has 0 fully saturated rings. The van der Waals surface area contributed by atoms with Crippen molar-refractivity contribution in [2.45, 2.75) is 6.54 Å². The van der Waals surface area contributed by atoms with Gasteiger partial charge in [-0.2, -0.15) is 0 Å². The topological polar surface area (TPSA) is 55.1 Å². The number of para-hydroxylation sites is 1. The van der Waals surface area contributed by atoms with Crippen LogP contribution in [0.1, 0.15) is 0 Å². The fraction of sp³-hybridized carbons (Fsp3) is 0.200. The van der Waals surface area contributed by atoms with Crippen molar-refractivity contribution < 1.29 is 5.11 Å².